The first-order valence-electron chi connectivity index (χ1n) is 5.07. The van der Waals surface area contributed by atoms with Crippen LogP contribution in [-0.4, -0.2) is 44.8 Å². The van der Waals surface area contributed by atoms with Crippen molar-refractivity contribution in [1.82, 2.24) is 0 Å². The maximum Gasteiger partial charge on any atom is 0.426 e. The minimum atomic E-state index is -5.13. The van der Waals surface area contributed by atoms with Crippen LogP contribution < -0.4 is 5.46 Å². The van der Waals surface area contributed by atoms with Crippen LogP contribution >= 0.6 is 0 Å². The zero-order valence-corrected chi connectivity index (χ0v) is 10.6. The van der Waals surface area contributed by atoms with Crippen LogP contribution in [0.1, 0.15) is 10.4 Å². The summed E-state index contributed by atoms with van der Waals surface area (Å²) in [5.74, 6) is -3.17. The Hall–Kier alpha value is -1.55. The van der Waals surface area contributed by atoms with Crippen molar-refractivity contribution in [3.05, 3.63) is 29.8 Å². The molecule has 1 atom stereocenters. The molecule has 0 aliphatic heterocycles. The van der Waals surface area contributed by atoms with E-state index in [1.165, 1.54) is 12.1 Å². The van der Waals surface area contributed by atoms with Crippen LogP contribution in [0.2, 0.25) is 0 Å². The zero-order valence-electron chi connectivity index (χ0n) is 9.79. The summed E-state index contributed by atoms with van der Waals surface area (Å²) in [5.41, 5.74) is -0.146. The van der Waals surface area contributed by atoms with Crippen molar-refractivity contribution < 1.29 is 35.7 Å². The van der Waals surface area contributed by atoms with Crippen molar-refractivity contribution in [2.24, 2.45) is 0 Å². The van der Waals surface area contributed by atoms with Gasteiger partial charge in [0, 0.05) is 0 Å². The second-order valence-electron chi connectivity index (χ2n) is 3.81. The number of hydrogen-bond acceptors (Lipinski definition) is 4. The Morgan fingerprint density at radius 1 is 1.40 bits per heavy atom. The molecule has 2 radical (unpaired) electrons. The van der Waals surface area contributed by atoms with Crippen LogP contribution in [0, 0.1) is 0 Å². The molecule has 0 amide bonds. The molecule has 0 aromatic heterocycles. The maximum atomic E-state index is 12.5. The third kappa shape index (κ3) is 5.21. The summed E-state index contributed by atoms with van der Waals surface area (Å²) in [6, 6.07) is 4.94. The predicted octanol–water partition coefficient (Wildman–Crippen LogP) is 0.456. The van der Waals surface area contributed by atoms with Crippen molar-refractivity contribution in [2.75, 3.05) is 5.75 Å². The van der Waals surface area contributed by atoms with Gasteiger partial charge in [-0.05, 0) is 6.07 Å². The summed E-state index contributed by atoms with van der Waals surface area (Å²) in [6.45, 7) is 0. The summed E-state index contributed by atoms with van der Waals surface area (Å²) in [5, 5.41) is 0. The molecule has 108 valence electrons. The van der Waals surface area contributed by atoms with E-state index < -0.39 is 34.1 Å². The van der Waals surface area contributed by atoms with Crippen LogP contribution in [-0.2, 0) is 14.9 Å². The SMILES string of the molecule is [B]c1cccc(C(=O)OC(CS(=O)(=O)O)C(F)(F)F)c1. The molecular weight excluding hydrogens is 300 g/mol. The molecule has 0 heterocycles. The summed E-state index contributed by atoms with van der Waals surface area (Å²) >= 11 is 0. The molecule has 0 aliphatic rings. The van der Waals surface area contributed by atoms with E-state index in [1.54, 1.807) is 0 Å². The van der Waals surface area contributed by atoms with E-state index in [0.717, 1.165) is 12.1 Å². The Labute approximate surface area is 113 Å². The second-order valence-corrected chi connectivity index (χ2v) is 5.31. The number of carbonyl (C=O) groups is 1. The molecule has 0 saturated carbocycles. The first kappa shape index (κ1) is 16.5. The molecule has 0 bridgehead atoms. The number of ether oxygens (including phenoxy) is 1. The Morgan fingerprint density at radius 3 is 2.45 bits per heavy atom. The lowest BCUT2D eigenvalue weighted by molar-refractivity contribution is -0.197. The maximum absolute atomic E-state index is 12.5. The van der Waals surface area contributed by atoms with Gasteiger partial charge in [-0.1, -0.05) is 23.7 Å². The number of halogens is 3. The van der Waals surface area contributed by atoms with E-state index in [-0.39, 0.29) is 11.0 Å². The molecule has 5 nitrogen and oxygen atoms in total. The van der Waals surface area contributed by atoms with Gasteiger partial charge in [0.25, 0.3) is 10.1 Å². The lowest BCUT2D eigenvalue weighted by Crippen LogP contribution is -2.39. The molecule has 1 unspecified atom stereocenters. The standard InChI is InChI=1S/C10H8BF3O5S/c11-7-3-1-2-6(4-7)9(15)19-8(10(12,13)14)5-20(16,17)18/h1-4,8H,5H2,(H,16,17,18). The predicted molar refractivity (Wildman–Crippen MR) is 63.5 cm³/mol. The minimum absolute atomic E-state index is 0.123. The molecule has 20 heavy (non-hydrogen) atoms. The van der Waals surface area contributed by atoms with Gasteiger partial charge in [-0.15, -0.1) is 0 Å². The fraction of sp³-hybridized carbons (Fsp3) is 0.300. The van der Waals surface area contributed by atoms with Gasteiger partial charge in [-0.25, -0.2) is 4.79 Å². The molecule has 1 rings (SSSR count). The number of hydrogen-bond donors (Lipinski definition) is 1. The lowest BCUT2D eigenvalue weighted by atomic mass is 9.94. The highest BCUT2D eigenvalue weighted by molar-refractivity contribution is 7.85. The van der Waals surface area contributed by atoms with Crippen LogP contribution in [0.5, 0.6) is 0 Å². The highest BCUT2D eigenvalue weighted by atomic mass is 32.2. The lowest BCUT2D eigenvalue weighted by Gasteiger charge is -2.19. The number of alkyl halides is 3. The number of esters is 1. The summed E-state index contributed by atoms with van der Waals surface area (Å²) in [6.07, 6.45) is -8.10. The average Bonchev–Trinajstić information content (AvgIpc) is 2.25. The largest absolute Gasteiger partial charge is 0.448 e. The Kier molecular flexibility index (Phi) is 4.82. The fourth-order valence-electron chi connectivity index (χ4n) is 1.25. The first-order chi connectivity index (χ1) is 8.99. The first-order valence-corrected chi connectivity index (χ1v) is 6.68. The number of rotatable bonds is 4. The van der Waals surface area contributed by atoms with Crippen molar-refractivity contribution in [3.8, 4) is 0 Å². The monoisotopic (exact) mass is 308 g/mol. The summed E-state index contributed by atoms with van der Waals surface area (Å²) < 4.78 is 71.1. The van der Waals surface area contributed by atoms with E-state index in [9.17, 15) is 26.4 Å². The molecule has 0 saturated heterocycles. The third-order valence-electron chi connectivity index (χ3n) is 2.10. The topological polar surface area (TPSA) is 80.7 Å². The molecule has 1 N–H and O–H groups in total. The van der Waals surface area contributed by atoms with Gasteiger partial charge in [0.05, 0.1) is 5.56 Å². The van der Waals surface area contributed by atoms with Gasteiger partial charge in [-0.3, -0.25) is 4.55 Å². The number of benzene rings is 1. The van der Waals surface area contributed by atoms with E-state index in [4.69, 9.17) is 12.4 Å². The molecule has 0 fully saturated rings. The third-order valence-corrected chi connectivity index (χ3v) is 2.82. The summed E-state index contributed by atoms with van der Waals surface area (Å²) in [4.78, 5) is 11.5. The van der Waals surface area contributed by atoms with E-state index in [0.29, 0.717) is 0 Å². The van der Waals surface area contributed by atoms with E-state index in [1.807, 2.05) is 0 Å². The van der Waals surface area contributed by atoms with Gasteiger partial charge < -0.3 is 4.74 Å². The smallest absolute Gasteiger partial charge is 0.426 e. The van der Waals surface area contributed by atoms with Crippen molar-refractivity contribution >= 4 is 29.4 Å². The van der Waals surface area contributed by atoms with Crippen molar-refractivity contribution in [1.29, 1.82) is 0 Å². The highest BCUT2D eigenvalue weighted by Gasteiger charge is 2.45. The van der Waals surface area contributed by atoms with Gasteiger partial charge >= 0.3 is 12.1 Å². The second kappa shape index (κ2) is 5.84. The van der Waals surface area contributed by atoms with Crippen molar-refractivity contribution in [3.63, 3.8) is 0 Å². The minimum Gasteiger partial charge on any atom is -0.448 e. The average molecular weight is 308 g/mol. The Balaban J connectivity index is 2.93. The summed E-state index contributed by atoms with van der Waals surface area (Å²) in [7, 11) is 0.384. The van der Waals surface area contributed by atoms with Gasteiger partial charge in [0.15, 0.2) is 0 Å². The highest BCUT2D eigenvalue weighted by Crippen LogP contribution is 2.25. The van der Waals surface area contributed by atoms with Crippen LogP contribution in [0.15, 0.2) is 24.3 Å². The van der Waals surface area contributed by atoms with Crippen LogP contribution in [0.25, 0.3) is 0 Å². The van der Waals surface area contributed by atoms with E-state index in [2.05, 4.69) is 4.74 Å². The van der Waals surface area contributed by atoms with Crippen LogP contribution in [0.4, 0.5) is 13.2 Å². The molecular formula is C10H8BF3O5S. The molecule has 10 heteroatoms. The van der Waals surface area contributed by atoms with Crippen molar-refractivity contribution in [2.45, 2.75) is 12.3 Å². The molecule has 0 aliphatic carbocycles. The van der Waals surface area contributed by atoms with Gasteiger partial charge in [0.2, 0.25) is 6.10 Å². The normalized spacial score (nSPS) is 13.8. The van der Waals surface area contributed by atoms with Gasteiger partial charge in [-0.2, -0.15) is 21.6 Å². The van der Waals surface area contributed by atoms with E-state index >= 15 is 0 Å². The molecule has 1 aromatic rings. The Morgan fingerprint density at radius 2 is 2.00 bits per heavy atom. The molecule has 0 spiro atoms. The quantitative estimate of drug-likeness (QED) is 0.496. The Bertz CT molecular complexity index is 599. The van der Waals surface area contributed by atoms with Gasteiger partial charge in [0.1, 0.15) is 13.6 Å². The fourth-order valence-corrected chi connectivity index (χ4v) is 1.89. The van der Waals surface area contributed by atoms with Crippen LogP contribution in [0.3, 0.4) is 0 Å². The number of carbonyl (C=O) groups excluding carboxylic acids is 1. The zero-order chi connectivity index (χ0) is 15.6. The molecule has 1 aromatic carbocycles.